The highest BCUT2D eigenvalue weighted by Crippen LogP contribution is 2.33. The van der Waals surface area contributed by atoms with Crippen molar-refractivity contribution in [3.05, 3.63) is 113 Å². The maximum atomic E-state index is 13.6. The lowest BCUT2D eigenvalue weighted by Crippen LogP contribution is -2.29. The van der Waals surface area contributed by atoms with E-state index in [1.807, 2.05) is 36.4 Å². The predicted molar refractivity (Wildman–Crippen MR) is 194 cm³/mol. The molecule has 0 atom stereocenters. The normalized spacial score (nSPS) is 12.6. The summed E-state index contributed by atoms with van der Waals surface area (Å²) in [5, 5.41) is 17.0. The Bertz CT molecular complexity index is 1830. The Morgan fingerprint density at radius 2 is 1.58 bits per heavy atom. The quantitative estimate of drug-likeness (QED) is 0.108. The fourth-order valence-corrected chi connectivity index (χ4v) is 6.53. The van der Waals surface area contributed by atoms with Gasteiger partial charge < -0.3 is 26.0 Å². The molecule has 3 aromatic carbocycles. The van der Waals surface area contributed by atoms with Gasteiger partial charge in [-0.25, -0.2) is 4.39 Å². The van der Waals surface area contributed by atoms with Crippen LogP contribution in [0.2, 0.25) is 0 Å². The Morgan fingerprint density at radius 3 is 2.38 bits per heavy atom. The Balaban J connectivity index is 1.31. The molecule has 0 radical (unpaired) electrons. The number of carboxylic acids is 1. The van der Waals surface area contributed by atoms with Crippen LogP contribution in [0.5, 0.6) is 0 Å². The van der Waals surface area contributed by atoms with Crippen molar-refractivity contribution < 1.29 is 28.7 Å². The van der Waals surface area contributed by atoms with Gasteiger partial charge in [0.1, 0.15) is 13.2 Å². The second kappa shape index (κ2) is 18.0. The van der Waals surface area contributed by atoms with Gasteiger partial charge in [0.25, 0.3) is 11.8 Å². The van der Waals surface area contributed by atoms with Crippen molar-refractivity contribution in [2.24, 2.45) is 0 Å². The number of hydrogen-bond donors (Lipinski definition) is 4. The van der Waals surface area contributed by atoms with E-state index < -0.39 is 19.2 Å². The zero-order valence-electron chi connectivity index (χ0n) is 27.6. The second-order valence-electron chi connectivity index (χ2n) is 12.0. The molecule has 260 valence electrons. The molecule has 0 spiro atoms. The molecular formula is C38H40FN5O5S. The fraction of sp³-hybridized carbons (Fsp3) is 0.289. The van der Waals surface area contributed by atoms with Gasteiger partial charge in [0, 0.05) is 66.1 Å². The number of carboxylic acid groups (broad SMARTS) is 1. The number of pyridine rings is 1. The standard InChI is InChI=1S/C38H40FN5O5S/c39-22-26-6-4-7-27(18-26)23-42-37(48)30-12-14-40-34(20-30)32-21-31(44-15-2-1-3-16-44)10-11-33(32)43-38(49)29-9-5-8-28(19-29)25-50-17-13-35(45)41-24-36(46)47/h4-12,14,18-21H,1-3,13,15-17,22-25H2,(H,41,45)(H,42,48)(H,43,49)(H,46,47). The van der Waals surface area contributed by atoms with E-state index in [1.165, 1.54) is 18.2 Å². The molecule has 10 nitrogen and oxygen atoms in total. The summed E-state index contributed by atoms with van der Waals surface area (Å²) in [5.41, 5.74) is 5.90. The monoisotopic (exact) mass is 697 g/mol. The van der Waals surface area contributed by atoms with Crippen molar-refractivity contribution in [3.8, 4) is 11.3 Å². The summed E-state index contributed by atoms with van der Waals surface area (Å²) in [4.78, 5) is 56.1. The maximum absolute atomic E-state index is 13.6. The Hall–Kier alpha value is -5.23. The molecule has 3 amide bonds. The molecule has 12 heteroatoms. The third-order valence-corrected chi connectivity index (χ3v) is 9.27. The van der Waals surface area contributed by atoms with E-state index in [0.29, 0.717) is 45.1 Å². The van der Waals surface area contributed by atoms with E-state index in [2.05, 4.69) is 25.8 Å². The smallest absolute Gasteiger partial charge is 0.322 e. The van der Waals surface area contributed by atoms with Crippen LogP contribution in [-0.4, -0.2) is 59.2 Å². The number of anilines is 2. The molecule has 1 saturated heterocycles. The Kier molecular flexibility index (Phi) is 13.0. The SMILES string of the molecule is O=C(O)CNC(=O)CCSCc1cccc(C(=O)Nc2ccc(N3CCCCC3)cc2-c2cc(C(=O)NCc3cccc(CF)c3)ccn2)c1. The minimum absolute atomic E-state index is 0.194. The van der Waals surface area contributed by atoms with Crippen LogP contribution >= 0.6 is 11.8 Å². The number of hydrogen-bond acceptors (Lipinski definition) is 7. The number of carbonyl (C=O) groups excluding carboxylic acids is 3. The number of aliphatic carboxylic acids is 1. The van der Waals surface area contributed by atoms with E-state index in [4.69, 9.17) is 5.11 Å². The van der Waals surface area contributed by atoms with E-state index in [0.717, 1.165) is 42.7 Å². The van der Waals surface area contributed by atoms with E-state index in [-0.39, 0.29) is 30.7 Å². The first-order chi connectivity index (χ1) is 24.3. The Morgan fingerprint density at radius 1 is 0.820 bits per heavy atom. The molecule has 1 aromatic heterocycles. The maximum Gasteiger partial charge on any atom is 0.322 e. The van der Waals surface area contributed by atoms with Gasteiger partial charge >= 0.3 is 5.97 Å². The lowest BCUT2D eigenvalue weighted by Gasteiger charge is -2.29. The molecular weight excluding hydrogens is 658 g/mol. The lowest BCUT2D eigenvalue weighted by molar-refractivity contribution is -0.137. The zero-order chi connectivity index (χ0) is 35.3. The molecule has 4 N–H and O–H groups in total. The van der Waals surface area contributed by atoms with Gasteiger partial charge in [-0.2, -0.15) is 11.8 Å². The van der Waals surface area contributed by atoms with Gasteiger partial charge in [-0.15, -0.1) is 0 Å². The van der Waals surface area contributed by atoms with Crippen LogP contribution < -0.4 is 20.9 Å². The van der Waals surface area contributed by atoms with Crippen molar-refractivity contribution in [1.29, 1.82) is 0 Å². The largest absolute Gasteiger partial charge is 0.480 e. The molecule has 0 bridgehead atoms. The molecule has 0 saturated carbocycles. The van der Waals surface area contributed by atoms with E-state index >= 15 is 0 Å². The fourth-order valence-electron chi connectivity index (χ4n) is 5.64. The highest BCUT2D eigenvalue weighted by Gasteiger charge is 2.18. The molecule has 0 unspecified atom stereocenters. The number of alkyl halides is 1. The number of carbonyl (C=O) groups is 4. The summed E-state index contributed by atoms with van der Waals surface area (Å²) in [5.74, 6) is -0.937. The summed E-state index contributed by atoms with van der Waals surface area (Å²) in [6.45, 7) is 1.13. The first kappa shape index (κ1) is 36.1. The number of nitrogens with zero attached hydrogens (tertiary/aromatic N) is 2. The zero-order valence-corrected chi connectivity index (χ0v) is 28.4. The van der Waals surface area contributed by atoms with Gasteiger partial charge in [-0.3, -0.25) is 24.2 Å². The average Bonchev–Trinajstić information content (AvgIpc) is 3.15. The molecule has 1 aliphatic rings. The summed E-state index contributed by atoms with van der Waals surface area (Å²) in [7, 11) is 0. The number of aromatic nitrogens is 1. The molecule has 50 heavy (non-hydrogen) atoms. The van der Waals surface area contributed by atoms with Gasteiger partial charge in [0.15, 0.2) is 0 Å². The highest BCUT2D eigenvalue weighted by atomic mass is 32.2. The van der Waals surface area contributed by atoms with Crippen LogP contribution in [0.25, 0.3) is 11.3 Å². The third-order valence-electron chi connectivity index (χ3n) is 8.24. The lowest BCUT2D eigenvalue weighted by atomic mass is 10.0. The van der Waals surface area contributed by atoms with Crippen LogP contribution in [0.1, 0.15) is 63.1 Å². The first-order valence-corrected chi connectivity index (χ1v) is 17.7. The predicted octanol–water partition coefficient (Wildman–Crippen LogP) is 6.21. The number of thioether (sulfide) groups is 1. The third kappa shape index (κ3) is 10.4. The van der Waals surface area contributed by atoms with Crippen LogP contribution in [0.3, 0.4) is 0 Å². The van der Waals surface area contributed by atoms with Crippen molar-refractivity contribution in [2.45, 2.75) is 44.7 Å². The van der Waals surface area contributed by atoms with Crippen LogP contribution in [0, 0.1) is 0 Å². The summed E-state index contributed by atoms with van der Waals surface area (Å²) < 4.78 is 13.1. The molecule has 1 fully saturated rings. The summed E-state index contributed by atoms with van der Waals surface area (Å²) in [6, 6.07) is 23.5. The number of amides is 3. The van der Waals surface area contributed by atoms with E-state index in [9.17, 15) is 23.6 Å². The second-order valence-corrected chi connectivity index (χ2v) is 13.1. The van der Waals surface area contributed by atoms with Crippen molar-refractivity contribution in [1.82, 2.24) is 15.6 Å². The minimum Gasteiger partial charge on any atom is -0.480 e. The van der Waals surface area contributed by atoms with Crippen LogP contribution in [-0.2, 0) is 28.6 Å². The summed E-state index contributed by atoms with van der Waals surface area (Å²) >= 11 is 1.51. The van der Waals surface area contributed by atoms with Crippen LogP contribution in [0.15, 0.2) is 85.1 Å². The number of benzene rings is 3. The Labute approximate surface area is 294 Å². The number of piperidine rings is 1. The van der Waals surface area contributed by atoms with Gasteiger partial charge in [0.05, 0.1) is 11.4 Å². The highest BCUT2D eigenvalue weighted by molar-refractivity contribution is 7.98. The minimum atomic E-state index is -1.09. The van der Waals surface area contributed by atoms with Gasteiger partial charge in [-0.05, 0) is 78.4 Å². The summed E-state index contributed by atoms with van der Waals surface area (Å²) in [6.07, 6.45) is 5.16. The number of rotatable bonds is 15. The van der Waals surface area contributed by atoms with E-state index in [1.54, 1.807) is 48.7 Å². The van der Waals surface area contributed by atoms with Gasteiger partial charge in [-0.1, -0.05) is 36.4 Å². The number of halogens is 1. The molecule has 1 aliphatic heterocycles. The molecule has 2 heterocycles. The van der Waals surface area contributed by atoms with Crippen LogP contribution in [0.4, 0.5) is 15.8 Å². The van der Waals surface area contributed by atoms with Gasteiger partial charge in [0.2, 0.25) is 5.91 Å². The van der Waals surface area contributed by atoms with Crippen molar-refractivity contribution in [3.63, 3.8) is 0 Å². The van der Waals surface area contributed by atoms with Crippen molar-refractivity contribution >= 4 is 46.8 Å². The van der Waals surface area contributed by atoms with Crippen molar-refractivity contribution in [2.75, 3.05) is 35.6 Å². The average molecular weight is 698 g/mol. The first-order valence-electron chi connectivity index (χ1n) is 16.5. The topological polar surface area (TPSA) is 141 Å². The molecule has 5 rings (SSSR count). The molecule has 4 aromatic rings. The molecule has 0 aliphatic carbocycles. The number of nitrogens with one attached hydrogen (secondary N) is 3.